The van der Waals surface area contributed by atoms with E-state index in [9.17, 15) is 26.3 Å². The first-order valence-electron chi connectivity index (χ1n) is 10.6. The van der Waals surface area contributed by atoms with E-state index in [1.54, 1.807) is 0 Å². The van der Waals surface area contributed by atoms with E-state index in [1.165, 1.54) is 12.1 Å². The van der Waals surface area contributed by atoms with Crippen LogP contribution >= 0.6 is 0 Å². The maximum atomic E-state index is 14.5. The largest absolute Gasteiger partial charge is 0.377 e. The molecule has 0 radical (unpaired) electrons. The van der Waals surface area contributed by atoms with Crippen molar-refractivity contribution in [3.05, 3.63) is 76.1 Å². The molecule has 0 saturated carbocycles. The number of ether oxygens (including phenoxy) is 3. The molecular weight excluding hydrogens is 450 g/mol. The molecule has 2 aromatic carbocycles. The van der Waals surface area contributed by atoms with Crippen LogP contribution in [0.1, 0.15) is 48.7 Å². The Bertz CT molecular complexity index is 1010. The summed E-state index contributed by atoms with van der Waals surface area (Å²) in [6.45, 7) is 1.61. The fourth-order valence-electron chi connectivity index (χ4n) is 4.22. The first-order chi connectivity index (χ1) is 15.7. The summed E-state index contributed by atoms with van der Waals surface area (Å²) in [7, 11) is 0. The SMILES string of the molecule is C/C(F)=C(\F)c1ccc(C2CCC(C3COC(c4cc(F)c(F)c(F)c4)OC3)OC2)c(F)c1. The Morgan fingerprint density at radius 2 is 1.48 bits per heavy atom. The highest BCUT2D eigenvalue weighted by atomic mass is 19.2. The van der Waals surface area contributed by atoms with Crippen molar-refractivity contribution >= 4 is 5.83 Å². The van der Waals surface area contributed by atoms with Crippen LogP contribution in [0.2, 0.25) is 0 Å². The molecule has 2 aliphatic rings. The van der Waals surface area contributed by atoms with Crippen LogP contribution < -0.4 is 0 Å². The second-order valence-electron chi connectivity index (χ2n) is 8.29. The highest BCUT2D eigenvalue weighted by Gasteiger charge is 2.34. The van der Waals surface area contributed by atoms with Gasteiger partial charge in [0.25, 0.3) is 0 Å². The van der Waals surface area contributed by atoms with Gasteiger partial charge in [-0.25, -0.2) is 26.3 Å². The first-order valence-corrected chi connectivity index (χ1v) is 10.6. The van der Waals surface area contributed by atoms with E-state index in [1.807, 2.05) is 0 Å². The maximum Gasteiger partial charge on any atom is 0.194 e. The van der Waals surface area contributed by atoms with Crippen molar-refractivity contribution in [2.45, 2.75) is 38.1 Å². The summed E-state index contributed by atoms with van der Waals surface area (Å²) in [5, 5.41) is 0. The summed E-state index contributed by atoms with van der Waals surface area (Å²) in [4.78, 5) is 0. The van der Waals surface area contributed by atoms with Crippen LogP contribution in [0, 0.1) is 29.2 Å². The Labute approximate surface area is 187 Å². The number of hydrogen-bond donors (Lipinski definition) is 0. The lowest BCUT2D eigenvalue weighted by Gasteiger charge is -2.38. The molecule has 9 heteroatoms. The average molecular weight is 472 g/mol. The van der Waals surface area contributed by atoms with Crippen LogP contribution in [0.25, 0.3) is 5.83 Å². The van der Waals surface area contributed by atoms with Gasteiger partial charge in [0.05, 0.1) is 25.9 Å². The molecule has 4 rings (SSSR count). The predicted octanol–water partition coefficient (Wildman–Crippen LogP) is 6.49. The minimum atomic E-state index is -1.55. The van der Waals surface area contributed by atoms with Gasteiger partial charge in [0.1, 0.15) is 11.6 Å². The van der Waals surface area contributed by atoms with Crippen molar-refractivity contribution < 1.29 is 40.6 Å². The number of halogens is 6. The van der Waals surface area contributed by atoms with Gasteiger partial charge < -0.3 is 14.2 Å². The molecule has 3 nitrogen and oxygen atoms in total. The maximum absolute atomic E-state index is 14.5. The standard InChI is InChI=1S/C24H22F6O3/c1-12(25)22(29)13-2-4-17(18(26)6-13)14-3-5-21(31-9-14)16-10-32-24(33-11-16)15-7-19(27)23(30)20(28)8-15/h2,4,6-8,14,16,21,24H,3,5,9-11H2,1H3/b22-12+. The normalized spacial score (nSPS) is 26.8. The Kier molecular flexibility index (Phi) is 7.11. The quantitative estimate of drug-likeness (QED) is 0.376. The lowest BCUT2D eigenvalue weighted by Crippen LogP contribution is -2.39. The van der Waals surface area contributed by atoms with Crippen molar-refractivity contribution in [1.82, 2.24) is 0 Å². The van der Waals surface area contributed by atoms with Crippen LogP contribution in [-0.2, 0) is 14.2 Å². The highest BCUT2D eigenvalue weighted by molar-refractivity contribution is 5.61. The van der Waals surface area contributed by atoms with Gasteiger partial charge in [-0.05, 0) is 43.5 Å². The molecule has 0 bridgehead atoms. The van der Waals surface area contributed by atoms with Crippen LogP contribution in [-0.4, -0.2) is 25.9 Å². The van der Waals surface area contributed by atoms with Gasteiger partial charge in [-0.1, -0.05) is 12.1 Å². The molecule has 2 saturated heterocycles. The first kappa shape index (κ1) is 23.8. The minimum absolute atomic E-state index is 0.0441. The van der Waals surface area contributed by atoms with E-state index in [0.717, 1.165) is 25.1 Å². The average Bonchev–Trinajstić information content (AvgIpc) is 2.82. The van der Waals surface area contributed by atoms with E-state index in [-0.39, 0.29) is 48.9 Å². The third kappa shape index (κ3) is 5.10. The number of benzene rings is 2. The van der Waals surface area contributed by atoms with Crippen LogP contribution in [0.3, 0.4) is 0 Å². The minimum Gasteiger partial charge on any atom is -0.377 e. The van der Waals surface area contributed by atoms with Gasteiger partial charge in [0.15, 0.2) is 29.6 Å². The third-order valence-corrected chi connectivity index (χ3v) is 6.03. The van der Waals surface area contributed by atoms with E-state index in [4.69, 9.17) is 14.2 Å². The molecule has 0 aliphatic carbocycles. The molecule has 2 aliphatic heterocycles. The predicted molar refractivity (Wildman–Crippen MR) is 107 cm³/mol. The summed E-state index contributed by atoms with van der Waals surface area (Å²) >= 11 is 0. The van der Waals surface area contributed by atoms with Crippen molar-refractivity contribution in [2.75, 3.05) is 19.8 Å². The van der Waals surface area contributed by atoms with Gasteiger partial charge >= 0.3 is 0 Å². The Morgan fingerprint density at radius 1 is 0.818 bits per heavy atom. The zero-order chi connectivity index (χ0) is 23.7. The fourth-order valence-corrected chi connectivity index (χ4v) is 4.22. The van der Waals surface area contributed by atoms with E-state index in [2.05, 4.69) is 0 Å². The molecular formula is C24H22F6O3. The number of hydrogen-bond acceptors (Lipinski definition) is 3. The summed E-state index contributed by atoms with van der Waals surface area (Å²) < 4.78 is 98.4. The lowest BCUT2D eigenvalue weighted by molar-refractivity contribution is -0.226. The van der Waals surface area contributed by atoms with Gasteiger partial charge in [-0.15, -0.1) is 0 Å². The fraction of sp³-hybridized carbons (Fsp3) is 0.417. The van der Waals surface area contributed by atoms with Crippen LogP contribution in [0.4, 0.5) is 26.3 Å². The van der Waals surface area contributed by atoms with E-state index >= 15 is 0 Å². The molecule has 2 fully saturated rings. The van der Waals surface area contributed by atoms with Crippen molar-refractivity contribution in [2.24, 2.45) is 5.92 Å². The molecule has 2 atom stereocenters. The molecule has 0 aromatic heterocycles. The molecule has 178 valence electrons. The Balaban J connectivity index is 1.33. The molecule has 0 spiro atoms. The summed E-state index contributed by atoms with van der Waals surface area (Å²) in [5.74, 6) is -7.31. The van der Waals surface area contributed by atoms with Gasteiger partial charge in [0.2, 0.25) is 0 Å². The topological polar surface area (TPSA) is 27.7 Å². The highest BCUT2D eigenvalue weighted by Crippen LogP contribution is 2.36. The van der Waals surface area contributed by atoms with Crippen molar-refractivity contribution in [3.63, 3.8) is 0 Å². The lowest BCUT2D eigenvalue weighted by atomic mass is 9.87. The molecule has 2 unspecified atom stereocenters. The Hall–Kier alpha value is -2.36. The second kappa shape index (κ2) is 9.87. The van der Waals surface area contributed by atoms with Crippen LogP contribution in [0.5, 0.6) is 0 Å². The van der Waals surface area contributed by atoms with E-state index in [0.29, 0.717) is 18.4 Å². The Morgan fingerprint density at radius 3 is 2.03 bits per heavy atom. The van der Waals surface area contributed by atoms with Crippen LogP contribution in [0.15, 0.2) is 36.2 Å². The van der Waals surface area contributed by atoms with Gasteiger partial charge in [-0.2, -0.15) is 0 Å². The van der Waals surface area contributed by atoms with Gasteiger partial charge in [0, 0.05) is 23.0 Å². The molecule has 33 heavy (non-hydrogen) atoms. The summed E-state index contributed by atoms with van der Waals surface area (Å²) in [6, 6.07) is 5.43. The number of allylic oxidation sites excluding steroid dienone is 1. The molecule has 2 aromatic rings. The van der Waals surface area contributed by atoms with Crippen molar-refractivity contribution in [3.8, 4) is 0 Å². The monoisotopic (exact) mass is 472 g/mol. The molecule has 0 N–H and O–H groups in total. The molecule has 0 amide bonds. The number of rotatable bonds is 4. The third-order valence-electron chi connectivity index (χ3n) is 6.03. The zero-order valence-corrected chi connectivity index (χ0v) is 17.7. The van der Waals surface area contributed by atoms with E-state index < -0.39 is 41.2 Å². The summed E-state index contributed by atoms with van der Waals surface area (Å²) in [6.07, 6.45) is -0.0423. The van der Waals surface area contributed by atoms with Gasteiger partial charge in [-0.3, -0.25) is 0 Å². The zero-order valence-electron chi connectivity index (χ0n) is 17.7. The van der Waals surface area contributed by atoms with Crippen molar-refractivity contribution in [1.29, 1.82) is 0 Å². The second-order valence-corrected chi connectivity index (χ2v) is 8.29. The molecule has 2 heterocycles. The smallest absolute Gasteiger partial charge is 0.194 e. The summed E-state index contributed by atoms with van der Waals surface area (Å²) in [5.41, 5.74) is 0.263.